The lowest BCUT2D eigenvalue weighted by molar-refractivity contribution is -0.173. The number of rotatable bonds is 5. The number of hydrogen-bond donors (Lipinski definition) is 2. The summed E-state index contributed by atoms with van der Waals surface area (Å²) in [5, 5.41) is 4.67. The van der Waals surface area contributed by atoms with Crippen LogP contribution in [0.1, 0.15) is 44.3 Å². The highest BCUT2D eigenvalue weighted by molar-refractivity contribution is 5.95. The topological polar surface area (TPSA) is 97.6 Å². The number of furan rings is 1. The number of urea groups is 1. The summed E-state index contributed by atoms with van der Waals surface area (Å²) in [6, 6.07) is 2.79. The lowest BCUT2D eigenvalue weighted by Crippen LogP contribution is -2.51. The molecule has 2 N–H and O–H groups in total. The van der Waals surface area contributed by atoms with Gasteiger partial charge in [-0.15, -0.1) is 0 Å². The summed E-state index contributed by atoms with van der Waals surface area (Å²) in [5.74, 6) is 1.60. The van der Waals surface area contributed by atoms with Crippen molar-refractivity contribution in [3.63, 3.8) is 0 Å². The van der Waals surface area contributed by atoms with Crippen LogP contribution in [0, 0.1) is 23.2 Å². The van der Waals surface area contributed by atoms with Gasteiger partial charge in [0.2, 0.25) is 0 Å². The van der Waals surface area contributed by atoms with Crippen LogP contribution in [-0.4, -0.2) is 24.5 Å². The van der Waals surface area contributed by atoms with Crippen LogP contribution in [0.3, 0.4) is 0 Å². The third kappa shape index (κ3) is 3.48. The molecular weight excluding hydrogens is 336 g/mol. The van der Waals surface area contributed by atoms with Gasteiger partial charge in [-0.05, 0) is 68.4 Å². The molecule has 0 aromatic carbocycles. The van der Waals surface area contributed by atoms with Gasteiger partial charge < -0.3 is 14.5 Å². The van der Waals surface area contributed by atoms with Crippen molar-refractivity contribution in [1.82, 2.24) is 10.6 Å². The Morgan fingerprint density at radius 2 is 1.77 bits per heavy atom. The molecule has 4 fully saturated rings. The minimum Gasteiger partial charge on any atom is -0.467 e. The van der Waals surface area contributed by atoms with Gasteiger partial charge in [-0.1, -0.05) is 0 Å². The van der Waals surface area contributed by atoms with Crippen molar-refractivity contribution in [3.05, 3.63) is 24.2 Å². The Hall–Kier alpha value is -2.31. The van der Waals surface area contributed by atoms with Crippen molar-refractivity contribution in [3.8, 4) is 0 Å². The number of esters is 1. The van der Waals surface area contributed by atoms with E-state index in [1.54, 1.807) is 12.1 Å². The van der Waals surface area contributed by atoms with Gasteiger partial charge in [0.15, 0.2) is 6.61 Å². The number of carbonyl (C=O) groups is 3. The van der Waals surface area contributed by atoms with Crippen LogP contribution in [0.5, 0.6) is 0 Å². The first-order valence-corrected chi connectivity index (χ1v) is 9.30. The third-order valence-electron chi connectivity index (χ3n) is 6.06. The second-order valence-electron chi connectivity index (χ2n) is 8.08. The minimum atomic E-state index is -0.641. The Labute approximate surface area is 151 Å². The zero-order valence-corrected chi connectivity index (χ0v) is 14.7. The molecule has 7 nitrogen and oxygen atoms in total. The van der Waals surface area contributed by atoms with Crippen molar-refractivity contribution in [2.45, 2.75) is 45.1 Å². The SMILES string of the molecule is O=C(COC(=O)C12CC3CC(CC(C3)C1)C2)NC(=O)NCc1ccco1. The maximum Gasteiger partial charge on any atom is 0.321 e. The average molecular weight is 360 g/mol. The Balaban J connectivity index is 1.23. The van der Waals surface area contributed by atoms with Crippen molar-refractivity contribution >= 4 is 17.9 Å². The molecule has 1 aromatic rings. The molecule has 140 valence electrons. The molecule has 7 heteroatoms. The van der Waals surface area contributed by atoms with E-state index in [4.69, 9.17) is 9.15 Å². The average Bonchev–Trinajstić information content (AvgIpc) is 3.10. The van der Waals surface area contributed by atoms with Gasteiger partial charge in [-0.2, -0.15) is 0 Å². The van der Waals surface area contributed by atoms with E-state index >= 15 is 0 Å². The predicted molar refractivity (Wildman–Crippen MR) is 90.7 cm³/mol. The van der Waals surface area contributed by atoms with Gasteiger partial charge in [-0.3, -0.25) is 14.9 Å². The molecule has 0 unspecified atom stereocenters. The van der Waals surface area contributed by atoms with E-state index in [9.17, 15) is 14.4 Å². The molecule has 3 amide bonds. The molecule has 0 saturated heterocycles. The quantitative estimate of drug-likeness (QED) is 0.786. The Kier molecular flexibility index (Phi) is 4.46. The van der Waals surface area contributed by atoms with E-state index in [2.05, 4.69) is 10.6 Å². The van der Waals surface area contributed by atoms with E-state index in [-0.39, 0.29) is 12.5 Å². The number of nitrogens with one attached hydrogen (secondary N) is 2. The number of amides is 3. The highest BCUT2D eigenvalue weighted by Gasteiger charge is 2.55. The van der Waals surface area contributed by atoms with Crippen molar-refractivity contribution in [1.29, 1.82) is 0 Å². The van der Waals surface area contributed by atoms with Crippen molar-refractivity contribution in [2.75, 3.05) is 6.61 Å². The van der Waals surface area contributed by atoms with Gasteiger partial charge in [0.25, 0.3) is 5.91 Å². The smallest absolute Gasteiger partial charge is 0.321 e. The molecule has 26 heavy (non-hydrogen) atoms. The molecule has 1 aromatic heterocycles. The lowest BCUT2D eigenvalue weighted by Gasteiger charge is -2.55. The number of carbonyl (C=O) groups excluding carboxylic acids is 3. The first-order valence-electron chi connectivity index (χ1n) is 9.30. The zero-order valence-electron chi connectivity index (χ0n) is 14.7. The van der Waals surface area contributed by atoms with E-state index in [0.29, 0.717) is 23.5 Å². The lowest BCUT2D eigenvalue weighted by atomic mass is 9.49. The van der Waals surface area contributed by atoms with Crippen molar-refractivity contribution < 1.29 is 23.5 Å². The molecule has 4 bridgehead atoms. The second-order valence-corrected chi connectivity index (χ2v) is 8.08. The molecule has 0 radical (unpaired) electrons. The molecule has 1 heterocycles. The fraction of sp³-hybridized carbons (Fsp3) is 0.632. The second kappa shape index (κ2) is 6.78. The maximum absolute atomic E-state index is 12.7. The van der Waals surface area contributed by atoms with E-state index in [0.717, 1.165) is 19.3 Å². The molecule has 4 aliphatic rings. The van der Waals surface area contributed by atoms with Gasteiger partial charge in [0, 0.05) is 0 Å². The summed E-state index contributed by atoms with van der Waals surface area (Å²) >= 11 is 0. The minimum absolute atomic E-state index is 0.180. The van der Waals surface area contributed by atoms with Crippen LogP contribution in [0.25, 0.3) is 0 Å². The molecule has 4 aliphatic carbocycles. The summed E-state index contributed by atoms with van der Waals surface area (Å²) < 4.78 is 10.4. The van der Waals surface area contributed by atoms with Crippen LogP contribution >= 0.6 is 0 Å². The van der Waals surface area contributed by atoms with Gasteiger partial charge in [-0.25, -0.2) is 4.79 Å². The molecule has 4 saturated carbocycles. The number of imide groups is 1. The third-order valence-corrected chi connectivity index (χ3v) is 6.06. The molecular formula is C19H24N2O5. The Bertz CT molecular complexity index is 662. The zero-order chi connectivity index (χ0) is 18.1. The fourth-order valence-corrected chi connectivity index (χ4v) is 5.43. The summed E-state index contributed by atoms with van der Waals surface area (Å²) in [6.45, 7) is -0.242. The first kappa shape index (κ1) is 17.1. The largest absolute Gasteiger partial charge is 0.467 e. The summed E-state index contributed by atoms with van der Waals surface area (Å²) in [7, 11) is 0. The predicted octanol–water partition coefficient (Wildman–Crippen LogP) is 2.37. The van der Waals surface area contributed by atoms with Crippen LogP contribution in [0.15, 0.2) is 22.8 Å². The van der Waals surface area contributed by atoms with Gasteiger partial charge >= 0.3 is 12.0 Å². The van der Waals surface area contributed by atoms with E-state index < -0.39 is 24.0 Å². The Morgan fingerprint density at radius 3 is 2.35 bits per heavy atom. The molecule has 0 spiro atoms. The first-order chi connectivity index (χ1) is 12.5. The van der Waals surface area contributed by atoms with Gasteiger partial charge in [0.05, 0.1) is 18.2 Å². The van der Waals surface area contributed by atoms with Crippen molar-refractivity contribution in [2.24, 2.45) is 23.2 Å². The summed E-state index contributed by atoms with van der Waals surface area (Å²) in [6.07, 6.45) is 7.90. The fourth-order valence-electron chi connectivity index (χ4n) is 5.43. The van der Waals surface area contributed by atoms with Crippen LogP contribution in [-0.2, 0) is 20.9 Å². The number of hydrogen-bond acceptors (Lipinski definition) is 5. The van der Waals surface area contributed by atoms with E-state index in [1.807, 2.05) is 0 Å². The van der Waals surface area contributed by atoms with Gasteiger partial charge in [0.1, 0.15) is 5.76 Å². The molecule has 5 rings (SSSR count). The standard InChI is InChI=1S/C19H24N2O5/c22-16(21-18(24)20-10-15-2-1-3-25-15)11-26-17(23)19-7-12-4-13(8-19)6-14(5-12)9-19/h1-3,12-14H,4-11H2,(H2,20,21,22,24). The van der Waals surface area contributed by atoms with Crippen LogP contribution in [0.4, 0.5) is 4.79 Å². The highest BCUT2D eigenvalue weighted by atomic mass is 16.5. The Morgan fingerprint density at radius 1 is 1.12 bits per heavy atom. The van der Waals surface area contributed by atoms with E-state index in [1.165, 1.54) is 25.5 Å². The summed E-state index contributed by atoms with van der Waals surface area (Å²) in [5.41, 5.74) is -0.392. The van der Waals surface area contributed by atoms with Crippen LogP contribution in [0.2, 0.25) is 0 Å². The molecule has 0 atom stereocenters. The number of ether oxygens (including phenoxy) is 1. The summed E-state index contributed by atoms with van der Waals surface area (Å²) in [4.78, 5) is 36.2. The normalized spacial score (nSPS) is 31.5. The maximum atomic E-state index is 12.7. The molecule has 0 aliphatic heterocycles. The van der Waals surface area contributed by atoms with Crippen LogP contribution < -0.4 is 10.6 Å². The monoisotopic (exact) mass is 360 g/mol. The highest BCUT2D eigenvalue weighted by Crippen LogP contribution is 2.60.